The summed E-state index contributed by atoms with van der Waals surface area (Å²) in [6.07, 6.45) is 1.48. The minimum atomic E-state index is -0.147. The second kappa shape index (κ2) is 5.50. The van der Waals surface area contributed by atoms with E-state index < -0.39 is 0 Å². The highest BCUT2D eigenvalue weighted by molar-refractivity contribution is 5.32. The molecule has 0 aliphatic heterocycles. The summed E-state index contributed by atoms with van der Waals surface area (Å²) in [5.74, 6) is 0.754. The van der Waals surface area contributed by atoms with Crippen molar-refractivity contribution in [2.24, 2.45) is 12.8 Å². The van der Waals surface area contributed by atoms with E-state index in [0.717, 1.165) is 11.3 Å². The highest BCUT2D eigenvalue weighted by Gasteiger charge is 2.03. The lowest BCUT2D eigenvalue weighted by atomic mass is 10.2. The van der Waals surface area contributed by atoms with Crippen LogP contribution in [0, 0.1) is 0 Å². The molecule has 1 aromatic carbocycles. The maximum atomic E-state index is 11.5. The average molecular weight is 248 g/mol. The molecule has 0 saturated heterocycles. The van der Waals surface area contributed by atoms with Gasteiger partial charge in [-0.1, -0.05) is 18.2 Å². The number of benzene rings is 1. The Balaban J connectivity index is 1.96. The number of hydrogen-bond donors (Lipinski definition) is 1. The molecule has 0 spiro atoms. The third-order valence-corrected chi connectivity index (χ3v) is 2.64. The molecule has 2 aromatic rings. The van der Waals surface area contributed by atoms with Gasteiger partial charge >= 0.3 is 5.69 Å². The van der Waals surface area contributed by atoms with Gasteiger partial charge in [0.2, 0.25) is 0 Å². The quantitative estimate of drug-likeness (QED) is 0.815. The van der Waals surface area contributed by atoms with Gasteiger partial charge in [0.25, 0.3) is 0 Å². The van der Waals surface area contributed by atoms with Gasteiger partial charge in [-0.25, -0.2) is 9.48 Å². The topological polar surface area (TPSA) is 75.1 Å². The fourth-order valence-corrected chi connectivity index (χ4v) is 1.63. The molecule has 1 heterocycles. The van der Waals surface area contributed by atoms with E-state index in [2.05, 4.69) is 5.10 Å². The van der Waals surface area contributed by atoms with Gasteiger partial charge < -0.3 is 10.5 Å². The first-order chi connectivity index (χ1) is 8.72. The van der Waals surface area contributed by atoms with E-state index in [9.17, 15) is 4.79 Å². The highest BCUT2D eigenvalue weighted by atomic mass is 16.5. The largest absolute Gasteiger partial charge is 0.491 e. The molecule has 0 atom stereocenters. The summed E-state index contributed by atoms with van der Waals surface area (Å²) >= 11 is 0. The minimum absolute atomic E-state index is 0.147. The van der Waals surface area contributed by atoms with Crippen molar-refractivity contribution in [2.75, 3.05) is 6.61 Å². The maximum Gasteiger partial charge on any atom is 0.345 e. The SMILES string of the molecule is Cn1cnn(CCOc2ccccc2CN)c1=O. The number of hydrogen-bond acceptors (Lipinski definition) is 4. The van der Waals surface area contributed by atoms with E-state index in [1.807, 2.05) is 24.3 Å². The molecule has 6 heteroatoms. The second-order valence-electron chi connectivity index (χ2n) is 3.91. The van der Waals surface area contributed by atoms with Gasteiger partial charge in [-0.3, -0.25) is 4.57 Å². The summed E-state index contributed by atoms with van der Waals surface area (Å²) in [6, 6.07) is 7.59. The highest BCUT2D eigenvalue weighted by Crippen LogP contribution is 2.16. The van der Waals surface area contributed by atoms with Crippen LogP contribution >= 0.6 is 0 Å². The molecular formula is C12H16N4O2. The van der Waals surface area contributed by atoms with Gasteiger partial charge in [0.05, 0.1) is 6.54 Å². The summed E-state index contributed by atoms with van der Waals surface area (Å²) in [6.45, 7) is 1.23. The molecule has 96 valence electrons. The van der Waals surface area contributed by atoms with Gasteiger partial charge in [-0.15, -0.1) is 0 Å². The zero-order valence-corrected chi connectivity index (χ0v) is 10.2. The summed E-state index contributed by atoms with van der Waals surface area (Å²) in [7, 11) is 1.66. The molecule has 1 aromatic heterocycles. The fourth-order valence-electron chi connectivity index (χ4n) is 1.63. The van der Waals surface area contributed by atoms with Crippen LogP contribution < -0.4 is 16.2 Å². The zero-order valence-electron chi connectivity index (χ0n) is 10.2. The van der Waals surface area contributed by atoms with Crippen molar-refractivity contribution < 1.29 is 4.74 Å². The normalized spacial score (nSPS) is 10.6. The van der Waals surface area contributed by atoms with Crippen molar-refractivity contribution in [1.29, 1.82) is 0 Å². The van der Waals surface area contributed by atoms with Gasteiger partial charge in [0.15, 0.2) is 0 Å². The fraction of sp³-hybridized carbons (Fsp3) is 0.333. The molecule has 0 aliphatic rings. The van der Waals surface area contributed by atoms with E-state index in [1.165, 1.54) is 15.6 Å². The van der Waals surface area contributed by atoms with Crippen molar-refractivity contribution in [3.63, 3.8) is 0 Å². The van der Waals surface area contributed by atoms with Gasteiger partial charge in [0.1, 0.15) is 18.7 Å². The van der Waals surface area contributed by atoms with Crippen LogP contribution in [0.3, 0.4) is 0 Å². The van der Waals surface area contributed by atoms with Crippen LogP contribution in [-0.2, 0) is 20.1 Å². The van der Waals surface area contributed by atoms with Crippen LogP contribution in [0.2, 0.25) is 0 Å². The molecule has 0 saturated carbocycles. The summed E-state index contributed by atoms with van der Waals surface area (Å²) in [5, 5.41) is 3.95. The third kappa shape index (κ3) is 2.60. The van der Waals surface area contributed by atoms with E-state index >= 15 is 0 Å². The van der Waals surface area contributed by atoms with Crippen LogP contribution in [0.15, 0.2) is 35.4 Å². The molecule has 0 amide bonds. The molecule has 0 fully saturated rings. The Morgan fingerprint density at radius 1 is 1.39 bits per heavy atom. The molecule has 6 nitrogen and oxygen atoms in total. The van der Waals surface area contributed by atoms with Crippen molar-refractivity contribution >= 4 is 0 Å². The number of rotatable bonds is 5. The predicted octanol–water partition coefficient (Wildman–Crippen LogP) is 0.120. The van der Waals surface area contributed by atoms with Crippen LogP contribution in [0.1, 0.15) is 5.56 Å². The second-order valence-corrected chi connectivity index (χ2v) is 3.91. The van der Waals surface area contributed by atoms with Crippen molar-refractivity contribution in [2.45, 2.75) is 13.1 Å². The number of aromatic nitrogens is 3. The Hall–Kier alpha value is -2.08. The van der Waals surface area contributed by atoms with Gasteiger partial charge in [0, 0.05) is 19.2 Å². The van der Waals surface area contributed by atoms with E-state index in [1.54, 1.807) is 7.05 Å². The van der Waals surface area contributed by atoms with E-state index in [0.29, 0.717) is 19.7 Å². The first kappa shape index (κ1) is 12.4. The number of para-hydroxylation sites is 1. The molecule has 0 bridgehead atoms. The Morgan fingerprint density at radius 2 is 2.17 bits per heavy atom. The minimum Gasteiger partial charge on any atom is -0.491 e. The Morgan fingerprint density at radius 3 is 2.83 bits per heavy atom. The molecule has 0 aliphatic carbocycles. The molecule has 0 unspecified atom stereocenters. The summed E-state index contributed by atoms with van der Waals surface area (Å²) < 4.78 is 8.40. The average Bonchev–Trinajstić information content (AvgIpc) is 2.71. The molecular weight excluding hydrogens is 232 g/mol. The first-order valence-corrected chi connectivity index (χ1v) is 5.71. The monoisotopic (exact) mass is 248 g/mol. The van der Waals surface area contributed by atoms with Crippen LogP contribution in [0.25, 0.3) is 0 Å². The number of nitrogens with two attached hydrogens (primary N) is 1. The summed E-state index contributed by atoms with van der Waals surface area (Å²) in [4.78, 5) is 11.5. The van der Waals surface area contributed by atoms with E-state index in [4.69, 9.17) is 10.5 Å². The lowest BCUT2D eigenvalue weighted by molar-refractivity contribution is 0.286. The zero-order chi connectivity index (χ0) is 13.0. The van der Waals surface area contributed by atoms with Gasteiger partial charge in [-0.05, 0) is 6.07 Å². The van der Waals surface area contributed by atoms with Crippen LogP contribution in [-0.4, -0.2) is 21.0 Å². The lowest BCUT2D eigenvalue weighted by Crippen LogP contribution is -2.25. The predicted molar refractivity (Wildman–Crippen MR) is 67.3 cm³/mol. The summed E-state index contributed by atoms with van der Waals surface area (Å²) in [5.41, 5.74) is 6.41. The molecule has 2 rings (SSSR count). The van der Waals surface area contributed by atoms with Crippen LogP contribution in [0.4, 0.5) is 0 Å². The molecule has 0 radical (unpaired) electrons. The standard InChI is InChI=1S/C12H16N4O2/c1-15-9-14-16(12(15)17)6-7-18-11-5-3-2-4-10(11)8-13/h2-5,9H,6-8,13H2,1H3. The number of nitrogens with zero attached hydrogens (tertiary/aromatic N) is 3. The lowest BCUT2D eigenvalue weighted by Gasteiger charge is -2.09. The molecule has 2 N–H and O–H groups in total. The Bertz CT molecular complexity index is 573. The Labute approximate surface area is 105 Å². The van der Waals surface area contributed by atoms with E-state index in [-0.39, 0.29) is 5.69 Å². The number of aryl methyl sites for hydroxylation is 1. The smallest absolute Gasteiger partial charge is 0.345 e. The molecule has 18 heavy (non-hydrogen) atoms. The van der Waals surface area contributed by atoms with Crippen molar-refractivity contribution in [3.8, 4) is 5.75 Å². The van der Waals surface area contributed by atoms with Crippen molar-refractivity contribution in [1.82, 2.24) is 14.3 Å². The third-order valence-electron chi connectivity index (χ3n) is 2.64. The number of ether oxygens (including phenoxy) is 1. The maximum absolute atomic E-state index is 11.5. The first-order valence-electron chi connectivity index (χ1n) is 5.71. The van der Waals surface area contributed by atoms with Crippen molar-refractivity contribution in [3.05, 3.63) is 46.6 Å². The van der Waals surface area contributed by atoms with Gasteiger partial charge in [-0.2, -0.15) is 5.10 Å². The van der Waals surface area contributed by atoms with Crippen LogP contribution in [0.5, 0.6) is 5.75 Å². The Kier molecular flexibility index (Phi) is 3.78.